The van der Waals surface area contributed by atoms with Gasteiger partial charge in [0.05, 0.1) is 13.2 Å². The van der Waals surface area contributed by atoms with Crippen LogP contribution in [0, 0.1) is 0 Å². The number of amides is 1. The fraction of sp³-hybridized carbons (Fsp3) is 0.417. The summed E-state index contributed by atoms with van der Waals surface area (Å²) < 4.78 is 5.04. The van der Waals surface area contributed by atoms with Gasteiger partial charge in [-0.25, -0.2) is 0 Å². The first-order valence-corrected chi connectivity index (χ1v) is 5.33. The third-order valence-corrected chi connectivity index (χ3v) is 2.40. The first-order valence-electron chi connectivity index (χ1n) is 5.33. The van der Waals surface area contributed by atoms with E-state index in [0.29, 0.717) is 13.0 Å². The molecule has 1 amide bonds. The minimum Gasteiger partial charge on any atom is -0.497 e. The van der Waals surface area contributed by atoms with Gasteiger partial charge >= 0.3 is 0 Å². The number of nitrogens with two attached hydrogens (primary N) is 1. The van der Waals surface area contributed by atoms with Crippen molar-refractivity contribution in [2.24, 2.45) is 5.73 Å². The minimum atomic E-state index is -0.418. The summed E-state index contributed by atoms with van der Waals surface area (Å²) in [5, 5.41) is 2.78. The van der Waals surface area contributed by atoms with Crippen LogP contribution in [0.15, 0.2) is 24.3 Å². The van der Waals surface area contributed by atoms with Crippen LogP contribution in [-0.4, -0.2) is 19.1 Å². The second-order valence-corrected chi connectivity index (χ2v) is 3.58. The Kier molecular flexibility index (Phi) is 7.34. The number of ether oxygens (including phenoxy) is 1. The highest BCUT2D eigenvalue weighted by atomic mass is 35.5. The summed E-state index contributed by atoms with van der Waals surface area (Å²) in [7, 11) is 1.62. The molecule has 0 aliphatic heterocycles. The van der Waals surface area contributed by atoms with Crippen LogP contribution in [0.4, 0.5) is 0 Å². The predicted molar refractivity (Wildman–Crippen MR) is 70.4 cm³/mol. The van der Waals surface area contributed by atoms with Gasteiger partial charge in [0.25, 0.3) is 0 Å². The first-order chi connectivity index (χ1) is 7.67. The Hall–Kier alpha value is -1.26. The number of benzene rings is 1. The summed E-state index contributed by atoms with van der Waals surface area (Å²) in [6.07, 6.45) is 0.647. The maximum absolute atomic E-state index is 11.4. The number of nitrogens with one attached hydrogen (secondary N) is 1. The van der Waals surface area contributed by atoms with Crippen molar-refractivity contribution in [3.8, 4) is 5.75 Å². The van der Waals surface area contributed by atoms with Gasteiger partial charge in [-0.3, -0.25) is 4.79 Å². The maximum atomic E-state index is 11.4. The molecule has 1 rings (SSSR count). The SMILES string of the molecule is CC[C@H](N)C(=O)NCc1ccc(OC)cc1.Cl. The van der Waals surface area contributed by atoms with E-state index < -0.39 is 6.04 Å². The lowest BCUT2D eigenvalue weighted by Crippen LogP contribution is -2.39. The van der Waals surface area contributed by atoms with E-state index in [1.807, 2.05) is 31.2 Å². The number of hydrogen-bond donors (Lipinski definition) is 2. The van der Waals surface area contributed by atoms with E-state index in [9.17, 15) is 4.79 Å². The molecule has 17 heavy (non-hydrogen) atoms. The van der Waals surface area contributed by atoms with Crippen molar-refractivity contribution in [1.29, 1.82) is 0 Å². The van der Waals surface area contributed by atoms with Gasteiger partial charge in [-0.15, -0.1) is 12.4 Å². The summed E-state index contributed by atoms with van der Waals surface area (Å²) in [5.74, 6) is 0.693. The average molecular weight is 259 g/mol. The van der Waals surface area contributed by atoms with Gasteiger partial charge in [-0.05, 0) is 24.1 Å². The molecule has 0 saturated heterocycles. The van der Waals surface area contributed by atoms with E-state index in [0.717, 1.165) is 11.3 Å². The van der Waals surface area contributed by atoms with Gasteiger partial charge in [-0.2, -0.15) is 0 Å². The van der Waals surface area contributed by atoms with E-state index >= 15 is 0 Å². The van der Waals surface area contributed by atoms with Crippen molar-refractivity contribution in [3.63, 3.8) is 0 Å². The lowest BCUT2D eigenvalue weighted by atomic mass is 10.2. The Morgan fingerprint density at radius 3 is 2.47 bits per heavy atom. The molecular formula is C12H19ClN2O2. The van der Waals surface area contributed by atoms with Crippen molar-refractivity contribution >= 4 is 18.3 Å². The topological polar surface area (TPSA) is 64.4 Å². The molecule has 0 fully saturated rings. The summed E-state index contributed by atoms with van der Waals surface area (Å²) in [5.41, 5.74) is 6.62. The molecule has 96 valence electrons. The Morgan fingerprint density at radius 2 is 2.00 bits per heavy atom. The molecule has 5 heteroatoms. The number of halogens is 1. The standard InChI is InChI=1S/C12H18N2O2.ClH/c1-3-11(13)12(15)14-8-9-4-6-10(16-2)7-5-9;/h4-7,11H,3,8,13H2,1-2H3,(H,14,15);1H/t11-;/m0./s1. The van der Waals surface area contributed by atoms with Crippen molar-refractivity contribution in [1.82, 2.24) is 5.32 Å². The molecule has 0 saturated carbocycles. The molecule has 0 aliphatic carbocycles. The van der Waals surface area contributed by atoms with Crippen LogP contribution in [0.2, 0.25) is 0 Å². The molecule has 0 aromatic heterocycles. The highest BCUT2D eigenvalue weighted by Crippen LogP contribution is 2.10. The predicted octanol–water partition coefficient (Wildman–Crippen LogP) is 1.47. The monoisotopic (exact) mass is 258 g/mol. The smallest absolute Gasteiger partial charge is 0.237 e. The lowest BCUT2D eigenvalue weighted by molar-refractivity contribution is -0.122. The quantitative estimate of drug-likeness (QED) is 0.841. The van der Waals surface area contributed by atoms with E-state index in [1.54, 1.807) is 7.11 Å². The zero-order valence-electron chi connectivity index (χ0n) is 10.1. The molecule has 0 spiro atoms. The summed E-state index contributed by atoms with van der Waals surface area (Å²) in [4.78, 5) is 11.4. The molecule has 0 heterocycles. The van der Waals surface area contributed by atoms with Gasteiger partial charge < -0.3 is 15.8 Å². The van der Waals surface area contributed by atoms with Crippen LogP contribution in [0.5, 0.6) is 5.75 Å². The zero-order chi connectivity index (χ0) is 12.0. The minimum absolute atomic E-state index is 0. The van der Waals surface area contributed by atoms with Crippen LogP contribution < -0.4 is 15.8 Å². The Balaban J connectivity index is 0.00000256. The van der Waals surface area contributed by atoms with Crippen LogP contribution in [0.1, 0.15) is 18.9 Å². The largest absolute Gasteiger partial charge is 0.497 e. The molecule has 0 bridgehead atoms. The van der Waals surface area contributed by atoms with E-state index in [2.05, 4.69) is 5.32 Å². The van der Waals surface area contributed by atoms with E-state index in [-0.39, 0.29) is 18.3 Å². The number of methoxy groups -OCH3 is 1. The van der Waals surface area contributed by atoms with Crippen LogP contribution in [-0.2, 0) is 11.3 Å². The number of carbonyl (C=O) groups is 1. The highest BCUT2D eigenvalue weighted by Gasteiger charge is 2.09. The van der Waals surface area contributed by atoms with Crippen molar-refractivity contribution in [2.75, 3.05) is 7.11 Å². The summed E-state index contributed by atoms with van der Waals surface area (Å²) in [6, 6.07) is 7.13. The second-order valence-electron chi connectivity index (χ2n) is 3.58. The molecule has 1 aromatic rings. The Bertz CT molecular complexity index is 341. The number of carbonyl (C=O) groups excluding carboxylic acids is 1. The third-order valence-electron chi connectivity index (χ3n) is 2.40. The van der Waals surface area contributed by atoms with Gasteiger partial charge in [-0.1, -0.05) is 19.1 Å². The molecule has 0 unspecified atom stereocenters. The fourth-order valence-electron chi connectivity index (χ4n) is 1.25. The molecule has 4 nitrogen and oxygen atoms in total. The summed E-state index contributed by atoms with van der Waals surface area (Å²) >= 11 is 0. The first kappa shape index (κ1) is 15.7. The van der Waals surface area contributed by atoms with Gasteiger partial charge in [0, 0.05) is 6.54 Å². The van der Waals surface area contributed by atoms with Gasteiger partial charge in [0.15, 0.2) is 0 Å². The number of rotatable bonds is 5. The lowest BCUT2D eigenvalue weighted by Gasteiger charge is -2.10. The third kappa shape index (κ3) is 5.06. The summed E-state index contributed by atoms with van der Waals surface area (Å²) in [6.45, 7) is 2.38. The van der Waals surface area contributed by atoms with Crippen LogP contribution >= 0.6 is 12.4 Å². The molecule has 0 radical (unpaired) electrons. The second kappa shape index (κ2) is 7.92. The van der Waals surface area contributed by atoms with Crippen molar-refractivity contribution < 1.29 is 9.53 Å². The van der Waals surface area contributed by atoms with Gasteiger partial charge in [0.1, 0.15) is 5.75 Å². The number of hydrogen-bond acceptors (Lipinski definition) is 3. The normalized spacial score (nSPS) is 11.2. The highest BCUT2D eigenvalue weighted by molar-refractivity contribution is 5.85. The van der Waals surface area contributed by atoms with Crippen LogP contribution in [0.3, 0.4) is 0 Å². The maximum Gasteiger partial charge on any atom is 0.237 e. The zero-order valence-corrected chi connectivity index (χ0v) is 10.9. The molecular weight excluding hydrogens is 240 g/mol. The Morgan fingerprint density at radius 1 is 1.41 bits per heavy atom. The van der Waals surface area contributed by atoms with Crippen molar-refractivity contribution in [2.45, 2.75) is 25.9 Å². The molecule has 0 aliphatic rings. The Labute approximate surface area is 108 Å². The van der Waals surface area contributed by atoms with E-state index in [4.69, 9.17) is 10.5 Å². The fourth-order valence-corrected chi connectivity index (χ4v) is 1.25. The molecule has 1 atom stereocenters. The molecule has 3 N–H and O–H groups in total. The van der Waals surface area contributed by atoms with Crippen LogP contribution in [0.25, 0.3) is 0 Å². The average Bonchev–Trinajstić information content (AvgIpc) is 2.35. The molecule has 1 aromatic carbocycles. The van der Waals surface area contributed by atoms with Gasteiger partial charge in [0.2, 0.25) is 5.91 Å². The van der Waals surface area contributed by atoms with Crippen molar-refractivity contribution in [3.05, 3.63) is 29.8 Å². The van der Waals surface area contributed by atoms with E-state index in [1.165, 1.54) is 0 Å².